The van der Waals surface area contributed by atoms with Gasteiger partial charge in [-0.05, 0) is 6.92 Å². The van der Waals surface area contributed by atoms with Crippen LogP contribution in [0.3, 0.4) is 0 Å². The van der Waals surface area contributed by atoms with E-state index in [1.54, 1.807) is 4.90 Å². The zero-order valence-electron chi connectivity index (χ0n) is 5.33. The zero-order chi connectivity index (χ0) is 6.69. The molecule has 0 radical (unpaired) electrons. The highest BCUT2D eigenvalue weighted by Gasteiger charge is 2.10. The van der Waals surface area contributed by atoms with E-state index < -0.39 is 0 Å². The lowest BCUT2D eigenvalue weighted by Gasteiger charge is -2.20. The summed E-state index contributed by atoms with van der Waals surface area (Å²) in [7, 11) is 0. The first-order chi connectivity index (χ1) is 4.34. The summed E-state index contributed by atoms with van der Waals surface area (Å²) in [4.78, 5) is 12.4. The van der Waals surface area contributed by atoms with Gasteiger partial charge in [0.25, 0.3) is 5.91 Å². The van der Waals surface area contributed by atoms with E-state index in [1.807, 2.05) is 6.92 Å². The Kier molecular flexibility index (Phi) is 1.72. The summed E-state index contributed by atoms with van der Waals surface area (Å²) >= 11 is 0. The third kappa shape index (κ3) is 1.22. The molecule has 0 unspecified atom stereocenters. The molecule has 1 heterocycles. The molecular formula is C6H9NO2. The van der Waals surface area contributed by atoms with Crippen LogP contribution >= 0.6 is 0 Å². The van der Waals surface area contributed by atoms with E-state index in [0.29, 0.717) is 13.3 Å². The second kappa shape index (κ2) is 2.53. The highest BCUT2D eigenvalue weighted by molar-refractivity contribution is 5.87. The Morgan fingerprint density at radius 2 is 2.67 bits per heavy atom. The van der Waals surface area contributed by atoms with Crippen LogP contribution in [0.2, 0.25) is 0 Å². The number of hydrogen-bond donors (Lipinski definition) is 0. The molecule has 1 amide bonds. The van der Waals surface area contributed by atoms with Gasteiger partial charge in [0.2, 0.25) is 0 Å². The number of hydrogen-bond acceptors (Lipinski definition) is 2. The van der Waals surface area contributed by atoms with Gasteiger partial charge in [0.15, 0.2) is 6.73 Å². The van der Waals surface area contributed by atoms with E-state index in [0.717, 1.165) is 0 Å². The van der Waals surface area contributed by atoms with Crippen molar-refractivity contribution in [3.8, 4) is 0 Å². The van der Waals surface area contributed by atoms with E-state index in [4.69, 9.17) is 4.74 Å². The molecule has 0 fully saturated rings. The Bertz CT molecular complexity index is 142. The molecule has 0 bridgehead atoms. The lowest BCUT2D eigenvalue weighted by atomic mass is 10.4. The smallest absolute Gasteiger partial charge is 0.252 e. The summed E-state index contributed by atoms with van der Waals surface area (Å²) in [6, 6.07) is 0. The van der Waals surface area contributed by atoms with Gasteiger partial charge in [0.05, 0.1) is 6.26 Å². The number of amides is 1. The molecule has 9 heavy (non-hydrogen) atoms. The maximum Gasteiger partial charge on any atom is 0.252 e. The Balaban J connectivity index is 2.55. The molecule has 0 aromatic rings. The quantitative estimate of drug-likeness (QED) is 0.508. The van der Waals surface area contributed by atoms with Gasteiger partial charge < -0.3 is 9.64 Å². The van der Waals surface area contributed by atoms with E-state index in [-0.39, 0.29) is 5.91 Å². The van der Waals surface area contributed by atoms with Crippen molar-refractivity contribution < 1.29 is 9.53 Å². The topological polar surface area (TPSA) is 29.5 Å². The maximum atomic E-state index is 10.8. The second-order valence-corrected chi connectivity index (χ2v) is 1.79. The molecule has 0 saturated carbocycles. The zero-order valence-corrected chi connectivity index (χ0v) is 5.33. The molecular weight excluding hydrogens is 118 g/mol. The first-order valence-corrected chi connectivity index (χ1v) is 2.91. The van der Waals surface area contributed by atoms with Crippen LogP contribution in [-0.4, -0.2) is 24.1 Å². The number of carbonyl (C=O) groups excluding carboxylic acids is 1. The van der Waals surface area contributed by atoms with Gasteiger partial charge in [0, 0.05) is 12.6 Å². The molecule has 1 aliphatic rings. The molecule has 0 aliphatic carbocycles. The molecule has 1 aliphatic heterocycles. The molecule has 3 nitrogen and oxygen atoms in total. The molecule has 0 aromatic heterocycles. The van der Waals surface area contributed by atoms with Gasteiger partial charge >= 0.3 is 0 Å². The van der Waals surface area contributed by atoms with Crippen LogP contribution in [0.25, 0.3) is 0 Å². The van der Waals surface area contributed by atoms with Gasteiger partial charge in [-0.3, -0.25) is 4.79 Å². The third-order valence-electron chi connectivity index (χ3n) is 1.23. The van der Waals surface area contributed by atoms with Crippen molar-refractivity contribution in [2.75, 3.05) is 13.3 Å². The molecule has 3 heteroatoms. The van der Waals surface area contributed by atoms with E-state index in [2.05, 4.69) is 0 Å². The monoisotopic (exact) mass is 127 g/mol. The number of nitrogens with zero attached hydrogens (tertiary/aromatic N) is 1. The number of likely N-dealkylation sites (N-methyl/N-ethyl adjacent to an activating group) is 1. The van der Waals surface area contributed by atoms with Crippen molar-refractivity contribution in [2.45, 2.75) is 6.92 Å². The van der Waals surface area contributed by atoms with Crippen LogP contribution in [0.4, 0.5) is 0 Å². The predicted octanol–water partition coefficient (Wildman–Crippen LogP) is 0.336. The van der Waals surface area contributed by atoms with Crippen molar-refractivity contribution in [3.05, 3.63) is 12.3 Å². The Labute approximate surface area is 53.9 Å². The van der Waals surface area contributed by atoms with E-state index in [1.165, 1.54) is 12.3 Å². The van der Waals surface area contributed by atoms with Crippen LogP contribution in [-0.2, 0) is 9.53 Å². The average molecular weight is 127 g/mol. The summed E-state index contributed by atoms with van der Waals surface area (Å²) in [5.41, 5.74) is 0. The van der Waals surface area contributed by atoms with Crippen molar-refractivity contribution in [1.82, 2.24) is 4.90 Å². The maximum absolute atomic E-state index is 10.8. The van der Waals surface area contributed by atoms with Crippen LogP contribution in [0.5, 0.6) is 0 Å². The van der Waals surface area contributed by atoms with Crippen LogP contribution in [0.15, 0.2) is 12.3 Å². The first-order valence-electron chi connectivity index (χ1n) is 2.91. The summed E-state index contributed by atoms with van der Waals surface area (Å²) in [6.45, 7) is 3.02. The minimum Gasteiger partial charge on any atom is -0.480 e. The van der Waals surface area contributed by atoms with E-state index in [9.17, 15) is 4.79 Å². The van der Waals surface area contributed by atoms with Gasteiger partial charge in [-0.2, -0.15) is 0 Å². The number of rotatable bonds is 1. The summed E-state index contributed by atoms with van der Waals surface area (Å²) in [5, 5.41) is 0. The molecule has 0 aromatic carbocycles. The van der Waals surface area contributed by atoms with E-state index >= 15 is 0 Å². The highest BCUT2D eigenvalue weighted by atomic mass is 16.5. The minimum absolute atomic E-state index is 0.0313. The average Bonchev–Trinajstić information content (AvgIpc) is 1.89. The van der Waals surface area contributed by atoms with Gasteiger partial charge in [-0.1, -0.05) is 0 Å². The Morgan fingerprint density at radius 3 is 3.11 bits per heavy atom. The van der Waals surface area contributed by atoms with Crippen LogP contribution in [0.1, 0.15) is 6.92 Å². The summed E-state index contributed by atoms with van der Waals surface area (Å²) in [5.74, 6) is 0.0313. The summed E-state index contributed by atoms with van der Waals surface area (Å²) < 4.78 is 4.87. The molecule has 50 valence electrons. The SMILES string of the molecule is CCN1COC=CC1=O. The summed E-state index contributed by atoms with van der Waals surface area (Å²) in [6.07, 6.45) is 2.85. The fourth-order valence-electron chi connectivity index (χ4n) is 0.655. The standard InChI is InChI=1S/C6H9NO2/c1-2-7-5-9-4-3-6(7)8/h3-4H,2,5H2,1H3. The minimum atomic E-state index is 0.0313. The largest absolute Gasteiger partial charge is 0.480 e. The van der Waals surface area contributed by atoms with Gasteiger partial charge in [-0.25, -0.2) is 0 Å². The highest BCUT2D eigenvalue weighted by Crippen LogP contribution is 1.97. The fourth-order valence-corrected chi connectivity index (χ4v) is 0.655. The third-order valence-corrected chi connectivity index (χ3v) is 1.23. The Morgan fingerprint density at radius 1 is 1.89 bits per heavy atom. The molecule has 1 rings (SSSR count). The molecule has 0 spiro atoms. The van der Waals surface area contributed by atoms with Crippen LogP contribution in [0, 0.1) is 0 Å². The molecule has 0 saturated heterocycles. The normalized spacial score (nSPS) is 17.9. The fraction of sp³-hybridized carbons (Fsp3) is 0.500. The van der Waals surface area contributed by atoms with Crippen molar-refractivity contribution >= 4 is 5.91 Å². The second-order valence-electron chi connectivity index (χ2n) is 1.79. The number of ether oxygens (including phenoxy) is 1. The lowest BCUT2D eigenvalue weighted by Crippen LogP contribution is -2.33. The Hall–Kier alpha value is -0.990. The predicted molar refractivity (Wildman–Crippen MR) is 32.5 cm³/mol. The van der Waals surface area contributed by atoms with Crippen molar-refractivity contribution in [2.24, 2.45) is 0 Å². The lowest BCUT2D eigenvalue weighted by molar-refractivity contribution is -0.131. The van der Waals surface area contributed by atoms with Crippen molar-refractivity contribution in [1.29, 1.82) is 0 Å². The van der Waals surface area contributed by atoms with Gasteiger partial charge in [-0.15, -0.1) is 0 Å². The molecule has 0 atom stereocenters. The first kappa shape index (κ1) is 6.13. The molecule has 0 N–H and O–H groups in total. The number of carbonyl (C=O) groups is 1. The van der Waals surface area contributed by atoms with Crippen LogP contribution < -0.4 is 0 Å². The van der Waals surface area contributed by atoms with Crippen molar-refractivity contribution in [3.63, 3.8) is 0 Å². The van der Waals surface area contributed by atoms with Gasteiger partial charge in [0.1, 0.15) is 0 Å².